The van der Waals surface area contributed by atoms with Crippen LogP contribution in [0.1, 0.15) is 30.1 Å². The van der Waals surface area contributed by atoms with Crippen molar-refractivity contribution in [2.24, 2.45) is 0 Å². The number of hydrogen-bond acceptors (Lipinski definition) is 6. The first-order valence-electron chi connectivity index (χ1n) is 8.73. The number of methoxy groups -OCH3 is 1. The second-order valence-electron chi connectivity index (χ2n) is 6.30. The lowest BCUT2D eigenvalue weighted by molar-refractivity contribution is 0.0994. The topological polar surface area (TPSA) is 76.6 Å². The first-order chi connectivity index (χ1) is 12.9. The molecule has 3 rings (SSSR count). The van der Waals surface area contributed by atoms with E-state index in [0.29, 0.717) is 29.4 Å². The van der Waals surface area contributed by atoms with Crippen LogP contribution in [0.15, 0.2) is 52.5 Å². The fourth-order valence-electron chi connectivity index (χ4n) is 2.89. The molecule has 1 saturated heterocycles. The van der Waals surface area contributed by atoms with Crippen LogP contribution >= 0.6 is 11.8 Å². The van der Waals surface area contributed by atoms with Gasteiger partial charge in [0.2, 0.25) is 10.0 Å². The number of carbonyl (C=O) groups excluding carboxylic acids is 1. The number of ketones is 1. The maximum atomic E-state index is 12.6. The molecular weight excluding hydrogens is 384 g/mol. The van der Waals surface area contributed by atoms with Gasteiger partial charge in [-0.05, 0) is 56.2 Å². The monoisotopic (exact) mass is 406 g/mol. The summed E-state index contributed by atoms with van der Waals surface area (Å²) in [5.41, 5.74) is 0.601. The molecule has 1 aliphatic rings. The van der Waals surface area contributed by atoms with Crippen LogP contribution in [0.4, 0.5) is 0 Å². The van der Waals surface area contributed by atoms with Gasteiger partial charge in [-0.15, -0.1) is 0 Å². The minimum absolute atomic E-state index is 0.0155. The molecule has 144 valence electrons. The van der Waals surface area contributed by atoms with Gasteiger partial charge in [0.25, 0.3) is 0 Å². The van der Waals surface area contributed by atoms with Gasteiger partial charge in [0.1, 0.15) is 10.6 Å². The summed E-state index contributed by atoms with van der Waals surface area (Å²) in [5, 5.41) is 0.275. The number of Topliss-reactive ketones (excluding diaryl/α,β-unsaturated/α-hetero) is 1. The van der Waals surface area contributed by atoms with Crippen LogP contribution in [-0.4, -0.2) is 48.9 Å². The van der Waals surface area contributed by atoms with Gasteiger partial charge in [-0.1, -0.05) is 11.8 Å². The molecular formula is C19H22N2O4S2. The molecule has 1 fully saturated rings. The standard InChI is InChI=1S/C19H22N2O4S2/c1-14(19(22)15-5-7-16(25-2)8-6-15)26-18-10-9-17(13-20-18)27(23,24)21-11-3-4-12-21/h5-10,13-14H,3-4,11-12H2,1-2H3/t14-/m1/s1. The van der Waals surface area contributed by atoms with E-state index in [9.17, 15) is 13.2 Å². The van der Waals surface area contributed by atoms with E-state index in [0.717, 1.165) is 12.8 Å². The van der Waals surface area contributed by atoms with Crippen molar-refractivity contribution in [1.82, 2.24) is 9.29 Å². The summed E-state index contributed by atoms with van der Waals surface area (Å²) in [5.74, 6) is 0.682. The van der Waals surface area contributed by atoms with Gasteiger partial charge in [0, 0.05) is 24.8 Å². The molecule has 0 bridgehead atoms. The number of nitrogens with zero attached hydrogens (tertiary/aromatic N) is 2. The third-order valence-electron chi connectivity index (χ3n) is 4.45. The lowest BCUT2D eigenvalue weighted by Gasteiger charge is -2.15. The Balaban J connectivity index is 1.67. The summed E-state index contributed by atoms with van der Waals surface area (Å²) < 4.78 is 31.7. The molecule has 1 atom stereocenters. The van der Waals surface area contributed by atoms with E-state index in [4.69, 9.17) is 4.74 Å². The quantitative estimate of drug-likeness (QED) is 0.519. The molecule has 2 heterocycles. The van der Waals surface area contributed by atoms with E-state index in [1.807, 2.05) is 6.92 Å². The summed E-state index contributed by atoms with van der Waals surface area (Å²) in [6.45, 7) is 2.94. The van der Waals surface area contributed by atoms with E-state index < -0.39 is 10.0 Å². The molecule has 0 aliphatic carbocycles. The summed E-state index contributed by atoms with van der Waals surface area (Å²) in [4.78, 5) is 17.0. The summed E-state index contributed by atoms with van der Waals surface area (Å²) in [7, 11) is -1.89. The Morgan fingerprint density at radius 3 is 2.37 bits per heavy atom. The number of thioether (sulfide) groups is 1. The second kappa shape index (κ2) is 8.41. The van der Waals surface area contributed by atoms with Crippen molar-refractivity contribution < 1.29 is 17.9 Å². The van der Waals surface area contributed by atoms with Gasteiger partial charge in [-0.3, -0.25) is 4.79 Å². The fraction of sp³-hybridized carbons (Fsp3) is 0.368. The SMILES string of the molecule is COc1ccc(C(=O)[C@@H](C)Sc2ccc(S(=O)(=O)N3CCCC3)cn2)cc1. The van der Waals surface area contributed by atoms with Crippen LogP contribution in [0, 0.1) is 0 Å². The summed E-state index contributed by atoms with van der Waals surface area (Å²) in [6.07, 6.45) is 3.16. The van der Waals surface area contributed by atoms with Crippen LogP contribution < -0.4 is 4.74 Å². The third kappa shape index (κ3) is 4.51. The molecule has 6 nitrogen and oxygen atoms in total. The first kappa shape index (κ1) is 19.9. The third-order valence-corrected chi connectivity index (χ3v) is 7.39. The van der Waals surface area contributed by atoms with E-state index in [2.05, 4.69) is 4.98 Å². The highest BCUT2D eigenvalue weighted by Crippen LogP contribution is 2.27. The molecule has 0 amide bonds. The van der Waals surface area contributed by atoms with Gasteiger partial charge in [-0.2, -0.15) is 4.31 Å². The zero-order valence-electron chi connectivity index (χ0n) is 15.3. The predicted octanol–water partition coefficient (Wildman–Crippen LogP) is 3.24. The van der Waals surface area contributed by atoms with Crippen molar-refractivity contribution in [3.05, 3.63) is 48.2 Å². The molecule has 8 heteroatoms. The zero-order chi connectivity index (χ0) is 19.4. The highest BCUT2D eigenvalue weighted by molar-refractivity contribution is 8.00. The normalized spacial score (nSPS) is 16.2. The van der Waals surface area contributed by atoms with Crippen LogP contribution in [0.5, 0.6) is 5.75 Å². The largest absolute Gasteiger partial charge is 0.497 e. The molecule has 0 N–H and O–H groups in total. The smallest absolute Gasteiger partial charge is 0.244 e. The van der Waals surface area contributed by atoms with Gasteiger partial charge in [0.05, 0.1) is 17.4 Å². The minimum atomic E-state index is -3.47. The predicted molar refractivity (Wildman–Crippen MR) is 105 cm³/mol. The number of sulfonamides is 1. The fourth-order valence-corrected chi connectivity index (χ4v) is 5.22. The van der Waals surface area contributed by atoms with Crippen LogP contribution in [0.25, 0.3) is 0 Å². The number of pyridine rings is 1. The maximum absolute atomic E-state index is 12.6. The highest BCUT2D eigenvalue weighted by atomic mass is 32.2. The lowest BCUT2D eigenvalue weighted by atomic mass is 10.1. The Bertz CT molecular complexity index is 890. The van der Waals surface area contributed by atoms with Crippen molar-refractivity contribution in [3.8, 4) is 5.75 Å². The average Bonchev–Trinajstić information content (AvgIpc) is 3.23. The zero-order valence-corrected chi connectivity index (χ0v) is 16.9. The number of rotatable bonds is 7. The molecule has 0 radical (unpaired) electrons. The van der Waals surface area contributed by atoms with Gasteiger partial charge in [-0.25, -0.2) is 13.4 Å². The molecule has 0 spiro atoms. The highest BCUT2D eigenvalue weighted by Gasteiger charge is 2.27. The van der Waals surface area contributed by atoms with Crippen LogP contribution in [0.2, 0.25) is 0 Å². The Morgan fingerprint density at radius 2 is 1.81 bits per heavy atom. The first-order valence-corrected chi connectivity index (χ1v) is 11.0. The molecule has 1 aromatic carbocycles. The molecule has 2 aromatic rings. The summed E-state index contributed by atoms with van der Waals surface area (Å²) >= 11 is 1.31. The molecule has 0 saturated carbocycles. The van der Waals surface area contributed by atoms with E-state index >= 15 is 0 Å². The van der Waals surface area contributed by atoms with Gasteiger partial charge >= 0.3 is 0 Å². The van der Waals surface area contributed by atoms with Crippen LogP contribution in [0.3, 0.4) is 0 Å². The number of aromatic nitrogens is 1. The van der Waals surface area contributed by atoms with Crippen LogP contribution in [-0.2, 0) is 10.0 Å². The minimum Gasteiger partial charge on any atom is -0.497 e. The van der Waals surface area contributed by atoms with Crippen molar-refractivity contribution in [2.75, 3.05) is 20.2 Å². The number of ether oxygens (including phenoxy) is 1. The number of carbonyl (C=O) groups is 1. The van der Waals surface area contributed by atoms with Crippen molar-refractivity contribution in [1.29, 1.82) is 0 Å². The Morgan fingerprint density at radius 1 is 1.15 bits per heavy atom. The summed E-state index contributed by atoms with van der Waals surface area (Å²) in [6, 6.07) is 10.2. The second-order valence-corrected chi connectivity index (χ2v) is 9.60. The van der Waals surface area contributed by atoms with E-state index in [1.165, 1.54) is 22.3 Å². The van der Waals surface area contributed by atoms with E-state index in [1.54, 1.807) is 43.5 Å². The Kier molecular flexibility index (Phi) is 6.18. The van der Waals surface area contributed by atoms with Gasteiger partial charge < -0.3 is 4.74 Å². The number of hydrogen-bond donors (Lipinski definition) is 0. The number of benzene rings is 1. The lowest BCUT2D eigenvalue weighted by Crippen LogP contribution is -2.27. The van der Waals surface area contributed by atoms with Crippen molar-refractivity contribution >= 4 is 27.6 Å². The van der Waals surface area contributed by atoms with Crippen molar-refractivity contribution in [3.63, 3.8) is 0 Å². The van der Waals surface area contributed by atoms with Gasteiger partial charge in [0.15, 0.2) is 5.78 Å². The Hall–Kier alpha value is -1.90. The Labute approximate surface area is 164 Å². The molecule has 0 unspecified atom stereocenters. The van der Waals surface area contributed by atoms with E-state index in [-0.39, 0.29) is 15.9 Å². The average molecular weight is 407 g/mol. The molecule has 1 aromatic heterocycles. The molecule has 1 aliphatic heterocycles. The van der Waals surface area contributed by atoms with Crippen molar-refractivity contribution in [2.45, 2.75) is 34.9 Å². The molecule has 27 heavy (non-hydrogen) atoms. The maximum Gasteiger partial charge on any atom is 0.244 e.